The molecule has 1 aromatic heterocycles. The molecule has 3 N–H and O–H groups in total. The molecule has 4 fully saturated rings. The van der Waals surface area contributed by atoms with Crippen molar-refractivity contribution in [3.8, 4) is 11.1 Å². The topological polar surface area (TPSA) is 93.4 Å². The number of aromatic nitrogens is 2. The highest BCUT2D eigenvalue weighted by Gasteiger charge is 2.55. The summed E-state index contributed by atoms with van der Waals surface area (Å²) in [4.78, 5) is 29.2. The number of H-pyrrole nitrogens is 1. The van der Waals surface area contributed by atoms with E-state index in [1.165, 1.54) is 17.3 Å². The summed E-state index contributed by atoms with van der Waals surface area (Å²) in [7, 11) is 0. The summed E-state index contributed by atoms with van der Waals surface area (Å²) >= 11 is 0. The molecule has 9 heteroatoms. The van der Waals surface area contributed by atoms with Gasteiger partial charge in [-0.05, 0) is 68.2 Å². The van der Waals surface area contributed by atoms with Crippen molar-refractivity contribution in [1.82, 2.24) is 25.7 Å². The highest BCUT2D eigenvalue weighted by Crippen LogP contribution is 2.45. The van der Waals surface area contributed by atoms with E-state index in [9.17, 15) is 14.0 Å². The molecule has 3 heterocycles. The van der Waals surface area contributed by atoms with Gasteiger partial charge in [0.15, 0.2) is 0 Å². The van der Waals surface area contributed by atoms with E-state index in [0.717, 1.165) is 75.1 Å². The Hall–Kier alpha value is -3.36. The average Bonchev–Trinajstić information content (AvgIpc) is 3.76. The van der Waals surface area contributed by atoms with Crippen molar-refractivity contribution in [1.29, 1.82) is 0 Å². The lowest BCUT2D eigenvalue weighted by Crippen LogP contribution is -2.50. The van der Waals surface area contributed by atoms with E-state index in [1.807, 2.05) is 6.07 Å². The third-order valence-electron chi connectivity index (χ3n) is 7.65. The maximum Gasteiger partial charge on any atom is 0.322 e. The third kappa shape index (κ3) is 3.93. The van der Waals surface area contributed by atoms with Crippen LogP contribution in [0.1, 0.15) is 38.5 Å². The number of anilines is 1. The van der Waals surface area contributed by atoms with Crippen molar-refractivity contribution in [2.24, 2.45) is 5.92 Å². The first-order valence-corrected chi connectivity index (χ1v) is 12.2. The van der Waals surface area contributed by atoms with Crippen LogP contribution < -0.4 is 15.5 Å². The van der Waals surface area contributed by atoms with E-state index in [0.29, 0.717) is 6.42 Å². The molecule has 3 amide bonds. The summed E-state index contributed by atoms with van der Waals surface area (Å²) in [5, 5.41) is 12.2. The van der Waals surface area contributed by atoms with Crippen LogP contribution in [0.25, 0.3) is 11.1 Å². The molecule has 2 aromatic rings. The normalized spacial score (nSPS) is 24.3. The molecular formula is C25H29FN6O2. The van der Waals surface area contributed by atoms with Gasteiger partial charge in [0.2, 0.25) is 0 Å². The molecule has 178 valence electrons. The molecule has 2 aliphatic carbocycles. The molecule has 2 saturated heterocycles. The highest BCUT2D eigenvalue weighted by atomic mass is 19.1. The fourth-order valence-electron chi connectivity index (χ4n) is 5.54. The fraction of sp³-hybridized carbons (Fsp3) is 0.480. The summed E-state index contributed by atoms with van der Waals surface area (Å²) in [6.45, 7) is 3.31. The lowest BCUT2D eigenvalue weighted by molar-refractivity contribution is -0.125. The maximum absolute atomic E-state index is 14.4. The van der Waals surface area contributed by atoms with Crippen LogP contribution in [0, 0.1) is 11.7 Å². The van der Waals surface area contributed by atoms with Crippen LogP contribution in [0.5, 0.6) is 0 Å². The number of hydrogen-bond acceptors (Lipinski definition) is 5. The predicted octanol–water partition coefficient (Wildman–Crippen LogP) is 3.15. The van der Waals surface area contributed by atoms with Crippen molar-refractivity contribution in [2.75, 3.05) is 31.1 Å². The van der Waals surface area contributed by atoms with Crippen molar-refractivity contribution in [3.63, 3.8) is 0 Å². The van der Waals surface area contributed by atoms with Crippen LogP contribution in [0.4, 0.5) is 14.9 Å². The number of piperazine rings is 1. The Morgan fingerprint density at radius 2 is 1.88 bits per heavy atom. The number of allylic oxidation sites excluding steroid dienone is 2. The largest absolute Gasteiger partial charge is 0.371 e. The SMILES string of the molecule is O=C1NC(=O)C(CCC(=C2CC2)N2CCN(c3cc(F)cc(-c4cn[nH]c4)c3)CC2)(C2CC2)N1. The number of hydrogen-bond donors (Lipinski definition) is 3. The van der Waals surface area contributed by atoms with Gasteiger partial charge in [-0.15, -0.1) is 0 Å². The smallest absolute Gasteiger partial charge is 0.322 e. The van der Waals surface area contributed by atoms with Crippen molar-refractivity contribution >= 4 is 17.6 Å². The second kappa shape index (κ2) is 8.14. The minimum atomic E-state index is -0.745. The van der Waals surface area contributed by atoms with E-state index in [-0.39, 0.29) is 23.7 Å². The van der Waals surface area contributed by atoms with Crippen molar-refractivity contribution < 1.29 is 14.0 Å². The van der Waals surface area contributed by atoms with Gasteiger partial charge < -0.3 is 15.1 Å². The van der Waals surface area contributed by atoms with E-state index < -0.39 is 5.54 Å². The third-order valence-corrected chi connectivity index (χ3v) is 7.65. The summed E-state index contributed by atoms with van der Waals surface area (Å²) in [5.41, 5.74) is 4.63. The van der Waals surface area contributed by atoms with Crippen molar-refractivity contribution in [3.05, 3.63) is 47.7 Å². The molecule has 2 saturated carbocycles. The molecular weight excluding hydrogens is 435 g/mol. The molecule has 6 rings (SSSR count). The quantitative estimate of drug-likeness (QED) is 0.548. The van der Waals surface area contributed by atoms with E-state index in [2.05, 4.69) is 30.6 Å². The molecule has 4 aliphatic rings. The number of imide groups is 1. The lowest BCUT2D eigenvalue weighted by Gasteiger charge is -2.39. The Labute approximate surface area is 197 Å². The monoisotopic (exact) mass is 464 g/mol. The molecule has 1 unspecified atom stereocenters. The van der Waals surface area contributed by atoms with Gasteiger partial charge in [0, 0.05) is 49.3 Å². The first-order chi connectivity index (χ1) is 16.5. The van der Waals surface area contributed by atoms with Crippen LogP contribution in [0.2, 0.25) is 0 Å². The van der Waals surface area contributed by atoms with Gasteiger partial charge in [-0.25, -0.2) is 9.18 Å². The summed E-state index contributed by atoms with van der Waals surface area (Å²) in [5.74, 6) is -0.165. The zero-order chi connectivity index (χ0) is 23.3. The second-order valence-electron chi connectivity index (χ2n) is 9.86. The van der Waals surface area contributed by atoms with Gasteiger partial charge >= 0.3 is 6.03 Å². The number of amides is 3. The molecule has 2 aliphatic heterocycles. The fourth-order valence-corrected chi connectivity index (χ4v) is 5.54. The van der Waals surface area contributed by atoms with Crippen LogP contribution >= 0.6 is 0 Å². The van der Waals surface area contributed by atoms with Crippen LogP contribution in [0.3, 0.4) is 0 Å². The zero-order valence-corrected chi connectivity index (χ0v) is 19.1. The number of benzene rings is 1. The van der Waals surface area contributed by atoms with E-state index in [1.54, 1.807) is 18.5 Å². The first-order valence-electron chi connectivity index (χ1n) is 12.2. The van der Waals surface area contributed by atoms with Crippen LogP contribution in [-0.2, 0) is 4.79 Å². The molecule has 0 spiro atoms. The van der Waals surface area contributed by atoms with E-state index >= 15 is 0 Å². The van der Waals surface area contributed by atoms with Gasteiger partial charge in [0.25, 0.3) is 5.91 Å². The number of carbonyl (C=O) groups excluding carboxylic acids is 2. The Morgan fingerprint density at radius 1 is 1.09 bits per heavy atom. The van der Waals surface area contributed by atoms with E-state index in [4.69, 9.17) is 0 Å². The minimum Gasteiger partial charge on any atom is -0.371 e. The highest BCUT2D eigenvalue weighted by molar-refractivity contribution is 6.07. The molecule has 34 heavy (non-hydrogen) atoms. The predicted molar refractivity (Wildman–Crippen MR) is 125 cm³/mol. The number of rotatable bonds is 7. The number of urea groups is 1. The molecule has 1 aromatic carbocycles. The Balaban J connectivity index is 1.13. The van der Waals surface area contributed by atoms with Gasteiger partial charge in [-0.3, -0.25) is 15.2 Å². The van der Waals surface area contributed by atoms with Crippen LogP contribution in [-0.4, -0.2) is 58.8 Å². The minimum absolute atomic E-state index is 0.163. The van der Waals surface area contributed by atoms with Gasteiger partial charge in [0.05, 0.1) is 6.20 Å². The second-order valence-corrected chi connectivity index (χ2v) is 9.86. The molecule has 0 bridgehead atoms. The Morgan fingerprint density at radius 3 is 2.50 bits per heavy atom. The number of nitrogens with one attached hydrogen (secondary N) is 3. The number of aromatic amines is 1. The van der Waals surface area contributed by atoms with Gasteiger partial charge in [-0.2, -0.15) is 5.10 Å². The lowest BCUT2D eigenvalue weighted by atomic mass is 9.87. The average molecular weight is 465 g/mol. The zero-order valence-electron chi connectivity index (χ0n) is 19.1. The number of halogens is 1. The number of nitrogens with zero attached hydrogens (tertiary/aromatic N) is 3. The van der Waals surface area contributed by atoms with Crippen molar-refractivity contribution in [2.45, 2.75) is 44.1 Å². The standard InChI is InChI=1S/C25H29FN6O2/c26-20-11-17(18-14-27-28-15-18)12-21(13-20)31-7-9-32(10-8-31)22(16-1-2-16)5-6-25(19-3-4-19)23(33)29-24(34)30-25/h11-15,19H,1-10H2,(H,27,28)(H2,29,30,33,34). The maximum atomic E-state index is 14.4. The van der Waals surface area contributed by atoms with Gasteiger partial charge in [-0.1, -0.05) is 5.57 Å². The Kier molecular flexibility index (Phi) is 5.08. The van der Waals surface area contributed by atoms with Crippen LogP contribution in [0.15, 0.2) is 41.9 Å². The number of carbonyl (C=O) groups is 2. The Bertz CT molecular complexity index is 1140. The summed E-state index contributed by atoms with van der Waals surface area (Å²) < 4.78 is 14.4. The molecule has 1 atom stereocenters. The summed E-state index contributed by atoms with van der Waals surface area (Å²) in [6, 6.07) is 4.79. The molecule has 8 nitrogen and oxygen atoms in total. The summed E-state index contributed by atoms with van der Waals surface area (Å²) in [6.07, 6.45) is 9.12. The van der Waals surface area contributed by atoms with Gasteiger partial charge in [0.1, 0.15) is 11.4 Å². The first kappa shape index (κ1) is 21.2. The molecule has 0 radical (unpaired) electrons.